The van der Waals surface area contributed by atoms with Gasteiger partial charge in [0.05, 0.1) is 21.3 Å². The Morgan fingerprint density at radius 1 is 1.12 bits per heavy atom. The van der Waals surface area contributed by atoms with Crippen molar-refractivity contribution in [3.63, 3.8) is 0 Å². The summed E-state index contributed by atoms with van der Waals surface area (Å²) in [6.45, 7) is 1.83. The number of para-hydroxylation sites is 1. The number of benzene rings is 2. The molecule has 0 aliphatic carbocycles. The Morgan fingerprint density at radius 3 is 2.58 bits per heavy atom. The standard InChI is InChI=1S/C19H14Cl2FN3O/c1-10-3-2-4-15(21)17(10)25-19(26)13-7-12(9-24-18(13)23)11-5-6-14(20)16(22)8-11/h2-9H,1H3,(H2,23,24)(H,25,26). The lowest BCUT2D eigenvalue weighted by Gasteiger charge is -2.12. The number of pyridine rings is 1. The average Bonchev–Trinajstić information content (AvgIpc) is 2.61. The number of anilines is 2. The summed E-state index contributed by atoms with van der Waals surface area (Å²) in [4.78, 5) is 16.7. The maximum absolute atomic E-state index is 13.7. The number of carbonyl (C=O) groups excluding carboxylic acids is 1. The molecule has 0 aliphatic heterocycles. The van der Waals surface area contributed by atoms with Crippen molar-refractivity contribution in [1.82, 2.24) is 4.98 Å². The molecular weight excluding hydrogens is 376 g/mol. The number of halogens is 3. The molecular formula is C19H14Cl2FN3O. The summed E-state index contributed by atoms with van der Waals surface area (Å²) in [6.07, 6.45) is 1.47. The van der Waals surface area contributed by atoms with Crippen molar-refractivity contribution in [1.29, 1.82) is 0 Å². The molecule has 0 unspecified atom stereocenters. The molecule has 26 heavy (non-hydrogen) atoms. The van der Waals surface area contributed by atoms with Crippen LogP contribution in [0, 0.1) is 12.7 Å². The number of aromatic nitrogens is 1. The first-order valence-electron chi connectivity index (χ1n) is 7.64. The summed E-state index contributed by atoms with van der Waals surface area (Å²) < 4.78 is 13.7. The molecule has 3 rings (SSSR count). The highest BCUT2D eigenvalue weighted by Gasteiger charge is 2.16. The monoisotopic (exact) mass is 389 g/mol. The van der Waals surface area contributed by atoms with E-state index < -0.39 is 11.7 Å². The first kappa shape index (κ1) is 18.2. The van der Waals surface area contributed by atoms with Crippen LogP contribution in [0.1, 0.15) is 15.9 Å². The number of nitrogens with two attached hydrogens (primary N) is 1. The number of nitrogens with one attached hydrogen (secondary N) is 1. The average molecular weight is 390 g/mol. The van der Waals surface area contributed by atoms with Crippen LogP contribution in [0.25, 0.3) is 11.1 Å². The number of nitrogen functional groups attached to an aromatic ring is 1. The van der Waals surface area contributed by atoms with Crippen LogP contribution < -0.4 is 11.1 Å². The Balaban J connectivity index is 1.97. The van der Waals surface area contributed by atoms with Crippen molar-refractivity contribution in [2.75, 3.05) is 11.1 Å². The first-order chi connectivity index (χ1) is 12.4. The van der Waals surface area contributed by atoms with Gasteiger partial charge in [-0.3, -0.25) is 4.79 Å². The number of nitrogens with zero attached hydrogens (tertiary/aromatic N) is 1. The van der Waals surface area contributed by atoms with E-state index in [2.05, 4.69) is 10.3 Å². The van der Waals surface area contributed by atoms with Gasteiger partial charge in [-0.15, -0.1) is 0 Å². The Labute approximate surface area is 159 Å². The van der Waals surface area contributed by atoms with Gasteiger partial charge in [0.25, 0.3) is 5.91 Å². The van der Waals surface area contributed by atoms with Gasteiger partial charge < -0.3 is 11.1 Å². The van der Waals surface area contributed by atoms with Crippen LogP contribution in [0.4, 0.5) is 15.9 Å². The fraction of sp³-hybridized carbons (Fsp3) is 0.0526. The van der Waals surface area contributed by atoms with Crippen molar-refractivity contribution in [2.45, 2.75) is 6.92 Å². The lowest BCUT2D eigenvalue weighted by atomic mass is 10.0. The van der Waals surface area contributed by atoms with Crippen LogP contribution in [-0.4, -0.2) is 10.9 Å². The summed E-state index contributed by atoms with van der Waals surface area (Å²) in [6, 6.07) is 11.2. The highest BCUT2D eigenvalue weighted by Crippen LogP contribution is 2.28. The summed E-state index contributed by atoms with van der Waals surface area (Å²) in [5.74, 6) is -0.952. The fourth-order valence-corrected chi connectivity index (χ4v) is 2.85. The molecule has 0 saturated heterocycles. The molecule has 2 aromatic carbocycles. The molecule has 0 spiro atoms. The second-order valence-electron chi connectivity index (χ2n) is 5.67. The largest absolute Gasteiger partial charge is 0.383 e. The molecule has 0 atom stereocenters. The van der Waals surface area contributed by atoms with Crippen molar-refractivity contribution in [3.05, 3.63) is 75.7 Å². The van der Waals surface area contributed by atoms with Crippen LogP contribution in [0.2, 0.25) is 10.0 Å². The molecule has 0 saturated carbocycles. The van der Waals surface area contributed by atoms with E-state index in [0.717, 1.165) is 5.56 Å². The van der Waals surface area contributed by atoms with E-state index in [0.29, 0.717) is 21.8 Å². The maximum atomic E-state index is 13.7. The highest BCUT2D eigenvalue weighted by molar-refractivity contribution is 6.34. The van der Waals surface area contributed by atoms with E-state index in [-0.39, 0.29) is 16.4 Å². The minimum atomic E-state index is -0.557. The Morgan fingerprint density at radius 2 is 1.88 bits per heavy atom. The van der Waals surface area contributed by atoms with Crippen LogP contribution in [0.15, 0.2) is 48.7 Å². The van der Waals surface area contributed by atoms with Gasteiger partial charge >= 0.3 is 0 Å². The Bertz CT molecular complexity index is 988. The normalized spacial score (nSPS) is 10.6. The van der Waals surface area contributed by atoms with Crippen molar-refractivity contribution >= 4 is 40.6 Å². The predicted molar refractivity (Wildman–Crippen MR) is 103 cm³/mol. The number of aryl methyl sites for hydroxylation is 1. The lowest BCUT2D eigenvalue weighted by molar-refractivity contribution is 0.102. The maximum Gasteiger partial charge on any atom is 0.259 e. The molecule has 0 fully saturated rings. The van der Waals surface area contributed by atoms with Gasteiger partial charge in [0.1, 0.15) is 11.6 Å². The van der Waals surface area contributed by atoms with E-state index in [1.807, 2.05) is 13.0 Å². The van der Waals surface area contributed by atoms with Gasteiger partial charge in [-0.25, -0.2) is 9.37 Å². The molecule has 3 aromatic rings. The summed E-state index contributed by atoms with van der Waals surface area (Å²) in [5.41, 5.74) is 8.40. The second-order valence-corrected chi connectivity index (χ2v) is 6.49. The topological polar surface area (TPSA) is 68.0 Å². The molecule has 1 heterocycles. The third-order valence-corrected chi connectivity index (χ3v) is 4.50. The quantitative estimate of drug-likeness (QED) is 0.635. The van der Waals surface area contributed by atoms with Crippen LogP contribution >= 0.6 is 23.2 Å². The smallest absolute Gasteiger partial charge is 0.259 e. The van der Waals surface area contributed by atoms with E-state index in [1.54, 1.807) is 24.3 Å². The molecule has 7 heteroatoms. The highest BCUT2D eigenvalue weighted by atomic mass is 35.5. The number of hydrogen-bond donors (Lipinski definition) is 2. The molecule has 132 valence electrons. The second kappa shape index (κ2) is 7.32. The zero-order valence-corrected chi connectivity index (χ0v) is 15.2. The van der Waals surface area contributed by atoms with E-state index >= 15 is 0 Å². The van der Waals surface area contributed by atoms with Gasteiger partial charge in [-0.1, -0.05) is 41.4 Å². The van der Waals surface area contributed by atoms with Crippen molar-refractivity contribution in [3.8, 4) is 11.1 Å². The van der Waals surface area contributed by atoms with Crippen LogP contribution in [0.3, 0.4) is 0 Å². The van der Waals surface area contributed by atoms with Gasteiger partial charge in [-0.2, -0.15) is 0 Å². The minimum absolute atomic E-state index is 0.0179. The van der Waals surface area contributed by atoms with Gasteiger partial charge in [0, 0.05) is 11.8 Å². The molecule has 4 nitrogen and oxygen atoms in total. The summed E-state index contributed by atoms with van der Waals surface area (Å²) in [7, 11) is 0. The Hall–Kier alpha value is -2.63. The molecule has 0 aliphatic rings. The van der Waals surface area contributed by atoms with Crippen LogP contribution in [0.5, 0.6) is 0 Å². The van der Waals surface area contributed by atoms with Crippen LogP contribution in [-0.2, 0) is 0 Å². The molecule has 1 amide bonds. The van der Waals surface area contributed by atoms with Gasteiger partial charge in [-0.05, 0) is 42.3 Å². The number of carbonyl (C=O) groups is 1. The fourth-order valence-electron chi connectivity index (χ4n) is 2.46. The van der Waals surface area contributed by atoms with Gasteiger partial charge in [0.15, 0.2) is 0 Å². The number of rotatable bonds is 3. The third kappa shape index (κ3) is 3.64. The number of hydrogen-bond acceptors (Lipinski definition) is 3. The molecule has 0 radical (unpaired) electrons. The zero-order chi connectivity index (χ0) is 18.8. The van der Waals surface area contributed by atoms with E-state index in [4.69, 9.17) is 28.9 Å². The zero-order valence-electron chi connectivity index (χ0n) is 13.7. The van der Waals surface area contributed by atoms with Crippen molar-refractivity contribution in [2.24, 2.45) is 0 Å². The van der Waals surface area contributed by atoms with Gasteiger partial charge in [0.2, 0.25) is 0 Å². The van der Waals surface area contributed by atoms with E-state index in [1.165, 1.54) is 18.3 Å². The predicted octanol–water partition coefficient (Wildman–Crippen LogP) is 5.34. The summed E-state index contributed by atoms with van der Waals surface area (Å²) in [5, 5.41) is 3.18. The van der Waals surface area contributed by atoms with E-state index in [9.17, 15) is 9.18 Å². The molecule has 1 aromatic heterocycles. The number of amides is 1. The SMILES string of the molecule is Cc1cccc(Cl)c1NC(=O)c1cc(-c2ccc(Cl)c(F)c2)cnc1N. The summed E-state index contributed by atoms with van der Waals surface area (Å²) >= 11 is 11.9. The Kier molecular flexibility index (Phi) is 5.11. The minimum Gasteiger partial charge on any atom is -0.383 e. The molecule has 3 N–H and O–H groups in total. The first-order valence-corrected chi connectivity index (χ1v) is 8.40. The van der Waals surface area contributed by atoms with Crippen molar-refractivity contribution < 1.29 is 9.18 Å². The molecule has 0 bridgehead atoms. The lowest BCUT2D eigenvalue weighted by Crippen LogP contribution is -2.16. The third-order valence-electron chi connectivity index (χ3n) is 3.88.